The van der Waals surface area contributed by atoms with Crippen molar-refractivity contribution < 1.29 is 16.8 Å². The predicted molar refractivity (Wildman–Crippen MR) is 102 cm³/mol. The normalized spacial score (nSPS) is 11.9. The highest BCUT2D eigenvalue weighted by Crippen LogP contribution is 2.30. The Morgan fingerprint density at radius 1 is 0.654 bits per heavy atom. The molecular weight excluding hydrogens is 370 g/mol. The first-order valence-electron chi connectivity index (χ1n) is 7.75. The van der Waals surface area contributed by atoms with Crippen LogP contribution in [0.2, 0.25) is 0 Å². The Morgan fingerprint density at radius 2 is 1.19 bits per heavy atom. The maximum absolute atomic E-state index is 12.9. The lowest BCUT2D eigenvalue weighted by atomic mass is 10.0. The Morgan fingerprint density at radius 3 is 1.85 bits per heavy atom. The number of para-hydroxylation sites is 1. The number of nitrogens with one attached hydrogen (secondary N) is 1. The number of anilines is 1. The van der Waals surface area contributed by atoms with Crippen molar-refractivity contribution in [2.24, 2.45) is 0 Å². The van der Waals surface area contributed by atoms with Gasteiger partial charge in [0.2, 0.25) is 0 Å². The van der Waals surface area contributed by atoms with Gasteiger partial charge in [-0.05, 0) is 23.8 Å². The van der Waals surface area contributed by atoms with Crippen LogP contribution in [0.3, 0.4) is 0 Å². The van der Waals surface area contributed by atoms with Gasteiger partial charge in [0.1, 0.15) is 4.90 Å². The van der Waals surface area contributed by atoms with Gasteiger partial charge in [-0.25, -0.2) is 16.8 Å². The van der Waals surface area contributed by atoms with Crippen molar-refractivity contribution >= 4 is 25.5 Å². The van der Waals surface area contributed by atoms with Gasteiger partial charge in [0.25, 0.3) is 10.0 Å². The second-order valence-electron chi connectivity index (χ2n) is 5.74. The monoisotopic (exact) mass is 387 g/mol. The molecule has 0 bridgehead atoms. The second kappa shape index (κ2) is 6.93. The average molecular weight is 387 g/mol. The Hall–Kier alpha value is -2.64. The van der Waals surface area contributed by atoms with Crippen LogP contribution in [0, 0.1) is 0 Å². The summed E-state index contributed by atoms with van der Waals surface area (Å²) in [4.78, 5) is -0.505. The van der Waals surface area contributed by atoms with Crippen LogP contribution in [0.15, 0.2) is 88.7 Å². The van der Waals surface area contributed by atoms with Gasteiger partial charge >= 0.3 is 0 Å². The molecule has 5 nitrogen and oxygen atoms in total. The van der Waals surface area contributed by atoms with Crippen LogP contribution in [-0.2, 0) is 19.9 Å². The lowest BCUT2D eigenvalue weighted by molar-refractivity contribution is 0.588. The fourth-order valence-electron chi connectivity index (χ4n) is 2.62. The minimum absolute atomic E-state index is 0.232. The maximum Gasteiger partial charge on any atom is 0.263 e. The molecule has 0 aliphatic heterocycles. The second-order valence-corrected chi connectivity index (χ2v) is 9.37. The van der Waals surface area contributed by atoms with Gasteiger partial charge in [-0.15, -0.1) is 0 Å². The molecule has 0 aromatic heterocycles. The SMILES string of the molecule is CS(=O)(=O)c1ccccc1S(=O)(=O)Nc1ccccc1-c1ccccc1. The van der Waals surface area contributed by atoms with Gasteiger partial charge in [0, 0.05) is 11.8 Å². The van der Waals surface area contributed by atoms with Crippen molar-refractivity contribution in [3.63, 3.8) is 0 Å². The molecule has 0 saturated carbocycles. The van der Waals surface area contributed by atoms with Gasteiger partial charge in [0.15, 0.2) is 9.84 Å². The van der Waals surface area contributed by atoms with Crippen molar-refractivity contribution in [3.05, 3.63) is 78.9 Å². The first-order chi connectivity index (χ1) is 12.3. The zero-order chi connectivity index (χ0) is 18.8. The van der Waals surface area contributed by atoms with E-state index in [-0.39, 0.29) is 9.79 Å². The highest BCUT2D eigenvalue weighted by molar-refractivity contribution is 7.95. The van der Waals surface area contributed by atoms with E-state index in [1.807, 2.05) is 36.4 Å². The van der Waals surface area contributed by atoms with Crippen LogP contribution in [-0.4, -0.2) is 23.1 Å². The number of rotatable bonds is 5. The van der Waals surface area contributed by atoms with E-state index >= 15 is 0 Å². The number of sulfone groups is 1. The molecule has 3 aromatic carbocycles. The molecule has 0 aliphatic carbocycles. The van der Waals surface area contributed by atoms with Crippen molar-refractivity contribution in [2.75, 3.05) is 11.0 Å². The minimum Gasteiger partial charge on any atom is -0.279 e. The van der Waals surface area contributed by atoms with Gasteiger partial charge in [-0.3, -0.25) is 4.72 Å². The fraction of sp³-hybridized carbons (Fsp3) is 0.0526. The van der Waals surface area contributed by atoms with Gasteiger partial charge in [0.05, 0.1) is 10.6 Å². The third-order valence-electron chi connectivity index (χ3n) is 3.79. The minimum atomic E-state index is -4.09. The molecule has 0 aliphatic rings. The van der Waals surface area contributed by atoms with E-state index in [0.717, 1.165) is 11.8 Å². The highest BCUT2D eigenvalue weighted by atomic mass is 32.2. The summed E-state index contributed by atoms with van der Waals surface area (Å²) in [5, 5.41) is 0. The van der Waals surface area contributed by atoms with Crippen molar-refractivity contribution in [2.45, 2.75) is 9.79 Å². The number of hydrogen-bond acceptors (Lipinski definition) is 4. The molecule has 0 atom stereocenters. The summed E-state index contributed by atoms with van der Waals surface area (Å²) in [7, 11) is -7.78. The quantitative estimate of drug-likeness (QED) is 0.726. The highest BCUT2D eigenvalue weighted by Gasteiger charge is 2.24. The molecule has 7 heteroatoms. The number of hydrogen-bond donors (Lipinski definition) is 1. The molecule has 26 heavy (non-hydrogen) atoms. The number of sulfonamides is 1. The van der Waals surface area contributed by atoms with Crippen LogP contribution in [0.5, 0.6) is 0 Å². The summed E-state index contributed by atoms with van der Waals surface area (Å²) in [6.45, 7) is 0. The van der Waals surface area contributed by atoms with Crippen LogP contribution in [0.1, 0.15) is 0 Å². The molecule has 3 rings (SSSR count). The molecular formula is C19H17NO4S2. The fourth-order valence-corrected chi connectivity index (χ4v) is 5.33. The number of benzene rings is 3. The van der Waals surface area contributed by atoms with Gasteiger partial charge in [-0.2, -0.15) is 0 Å². The molecule has 0 amide bonds. The Balaban J connectivity index is 2.09. The van der Waals surface area contributed by atoms with Gasteiger partial charge in [-0.1, -0.05) is 60.7 Å². The van der Waals surface area contributed by atoms with E-state index in [4.69, 9.17) is 0 Å². The van der Waals surface area contributed by atoms with E-state index in [9.17, 15) is 16.8 Å². The summed E-state index contributed by atoms with van der Waals surface area (Å²) in [5.41, 5.74) is 1.93. The molecule has 3 aromatic rings. The van der Waals surface area contributed by atoms with E-state index in [1.54, 1.807) is 18.2 Å². The van der Waals surface area contributed by atoms with Crippen molar-refractivity contribution in [3.8, 4) is 11.1 Å². The molecule has 0 saturated heterocycles. The first kappa shape index (κ1) is 18.2. The van der Waals surface area contributed by atoms with Gasteiger partial charge < -0.3 is 0 Å². The molecule has 0 unspecified atom stereocenters. The topological polar surface area (TPSA) is 80.3 Å². The zero-order valence-electron chi connectivity index (χ0n) is 14.0. The van der Waals surface area contributed by atoms with E-state index in [2.05, 4.69) is 4.72 Å². The molecule has 0 radical (unpaired) electrons. The largest absolute Gasteiger partial charge is 0.279 e. The zero-order valence-corrected chi connectivity index (χ0v) is 15.6. The van der Waals surface area contributed by atoms with E-state index in [0.29, 0.717) is 11.3 Å². The summed E-state index contributed by atoms with van der Waals surface area (Å²) in [6.07, 6.45) is 0.985. The Bertz CT molecular complexity index is 1140. The Kier molecular flexibility index (Phi) is 4.84. The maximum atomic E-state index is 12.9. The van der Waals surface area contributed by atoms with E-state index in [1.165, 1.54) is 24.3 Å². The van der Waals surface area contributed by atoms with Crippen LogP contribution >= 0.6 is 0 Å². The first-order valence-corrected chi connectivity index (χ1v) is 11.1. The lowest BCUT2D eigenvalue weighted by Crippen LogP contribution is -2.17. The summed E-state index contributed by atoms with van der Waals surface area (Å²) < 4.78 is 52.2. The van der Waals surface area contributed by atoms with E-state index < -0.39 is 19.9 Å². The molecule has 1 N–H and O–H groups in total. The summed E-state index contributed by atoms with van der Waals surface area (Å²) >= 11 is 0. The third kappa shape index (κ3) is 3.79. The van der Waals surface area contributed by atoms with Crippen molar-refractivity contribution in [1.82, 2.24) is 0 Å². The average Bonchev–Trinajstić information content (AvgIpc) is 2.62. The summed E-state index contributed by atoms with van der Waals surface area (Å²) in [6, 6.07) is 21.9. The molecule has 134 valence electrons. The molecule has 0 heterocycles. The van der Waals surface area contributed by atoms with Crippen LogP contribution < -0.4 is 4.72 Å². The van der Waals surface area contributed by atoms with Crippen LogP contribution in [0.4, 0.5) is 5.69 Å². The smallest absolute Gasteiger partial charge is 0.263 e. The standard InChI is InChI=1S/C19H17NO4S2/c1-25(21,22)18-13-7-8-14-19(18)26(23,24)20-17-12-6-5-11-16(17)15-9-3-2-4-10-15/h2-14,20H,1H3. The molecule has 0 fully saturated rings. The Labute approximate surface area is 153 Å². The molecule has 0 spiro atoms. The van der Waals surface area contributed by atoms with Crippen LogP contribution in [0.25, 0.3) is 11.1 Å². The third-order valence-corrected chi connectivity index (χ3v) is 6.50. The lowest BCUT2D eigenvalue weighted by Gasteiger charge is -2.14. The van der Waals surface area contributed by atoms with Crippen molar-refractivity contribution in [1.29, 1.82) is 0 Å². The predicted octanol–water partition coefficient (Wildman–Crippen LogP) is 3.56. The summed E-state index contributed by atoms with van der Waals surface area (Å²) in [5.74, 6) is 0.